The fourth-order valence-corrected chi connectivity index (χ4v) is 1.88. The van der Waals surface area contributed by atoms with Crippen LogP contribution in [0.25, 0.3) is 0 Å². The number of carbonyl (C=O) groups excluding carboxylic acids is 1. The summed E-state index contributed by atoms with van der Waals surface area (Å²) >= 11 is 5.95. The highest BCUT2D eigenvalue weighted by atomic mass is 35.5. The average Bonchev–Trinajstić information content (AvgIpc) is 2.46. The first-order chi connectivity index (χ1) is 9.22. The molecule has 0 amide bonds. The van der Waals surface area contributed by atoms with Gasteiger partial charge in [0.2, 0.25) is 0 Å². The molecule has 19 heavy (non-hydrogen) atoms. The summed E-state index contributed by atoms with van der Waals surface area (Å²) in [4.78, 5) is 15.6. The molecule has 0 spiro atoms. The fourth-order valence-electron chi connectivity index (χ4n) is 1.69. The minimum Gasteiger partial charge on any atom is -0.465 e. The van der Waals surface area contributed by atoms with Crippen molar-refractivity contribution in [2.24, 2.45) is 0 Å². The molecule has 4 nitrogen and oxygen atoms in total. The highest BCUT2D eigenvalue weighted by Gasteiger charge is 2.10. The van der Waals surface area contributed by atoms with Gasteiger partial charge in [0.15, 0.2) is 5.15 Å². The Morgan fingerprint density at radius 3 is 2.84 bits per heavy atom. The molecule has 0 atom stereocenters. The molecule has 0 saturated heterocycles. The van der Waals surface area contributed by atoms with Crippen molar-refractivity contribution in [3.8, 4) is 0 Å². The number of esters is 1. The van der Waals surface area contributed by atoms with E-state index in [4.69, 9.17) is 16.3 Å². The van der Waals surface area contributed by atoms with Gasteiger partial charge in [-0.1, -0.05) is 29.8 Å². The Morgan fingerprint density at radius 1 is 1.32 bits per heavy atom. The molecule has 1 N–H and O–H groups in total. The van der Waals surface area contributed by atoms with Crippen LogP contribution in [0.2, 0.25) is 5.15 Å². The molecule has 0 aliphatic rings. The summed E-state index contributed by atoms with van der Waals surface area (Å²) in [6, 6.07) is 10.9. The van der Waals surface area contributed by atoms with Crippen LogP contribution in [0.3, 0.4) is 0 Å². The third-order valence-corrected chi connectivity index (χ3v) is 2.95. The number of nitrogens with one attached hydrogen (secondary N) is 1. The maximum Gasteiger partial charge on any atom is 0.338 e. The van der Waals surface area contributed by atoms with E-state index in [9.17, 15) is 4.79 Å². The number of methoxy groups -OCH3 is 1. The third kappa shape index (κ3) is 3.23. The minimum absolute atomic E-state index is 0.352. The van der Waals surface area contributed by atoms with Crippen molar-refractivity contribution in [3.05, 3.63) is 58.9 Å². The Hall–Kier alpha value is -2.07. The van der Waals surface area contributed by atoms with Crippen molar-refractivity contribution in [1.29, 1.82) is 0 Å². The maximum atomic E-state index is 11.6. The molecule has 0 unspecified atom stereocenters. The maximum absolute atomic E-state index is 11.6. The molecule has 2 rings (SSSR count). The minimum atomic E-state index is -0.352. The van der Waals surface area contributed by atoms with Gasteiger partial charge in [0.1, 0.15) is 0 Å². The van der Waals surface area contributed by atoms with Gasteiger partial charge in [-0.05, 0) is 23.8 Å². The topological polar surface area (TPSA) is 51.2 Å². The summed E-state index contributed by atoms with van der Waals surface area (Å²) in [5.74, 6) is -0.352. The van der Waals surface area contributed by atoms with Crippen molar-refractivity contribution in [2.75, 3.05) is 12.4 Å². The van der Waals surface area contributed by atoms with E-state index in [1.54, 1.807) is 24.4 Å². The largest absolute Gasteiger partial charge is 0.465 e. The van der Waals surface area contributed by atoms with Gasteiger partial charge in [0.25, 0.3) is 0 Å². The second kappa shape index (κ2) is 6.20. The number of anilines is 1. The van der Waals surface area contributed by atoms with Crippen molar-refractivity contribution in [1.82, 2.24) is 4.98 Å². The number of benzene rings is 1. The van der Waals surface area contributed by atoms with Crippen LogP contribution >= 0.6 is 11.6 Å². The monoisotopic (exact) mass is 276 g/mol. The smallest absolute Gasteiger partial charge is 0.338 e. The Kier molecular flexibility index (Phi) is 4.36. The number of halogens is 1. The van der Waals surface area contributed by atoms with Gasteiger partial charge in [0, 0.05) is 12.7 Å². The van der Waals surface area contributed by atoms with Crippen molar-refractivity contribution in [3.63, 3.8) is 0 Å². The van der Waals surface area contributed by atoms with Crippen molar-refractivity contribution >= 4 is 23.3 Å². The number of rotatable bonds is 4. The van der Waals surface area contributed by atoms with Gasteiger partial charge in [-0.15, -0.1) is 0 Å². The van der Waals surface area contributed by atoms with Crippen LogP contribution in [0.5, 0.6) is 0 Å². The Labute approximate surface area is 116 Å². The molecule has 0 radical (unpaired) electrons. The lowest BCUT2D eigenvalue weighted by Gasteiger charge is -2.10. The number of ether oxygens (including phenoxy) is 1. The molecule has 1 heterocycles. The number of hydrogen-bond donors (Lipinski definition) is 1. The first kappa shape index (κ1) is 13.4. The zero-order chi connectivity index (χ0) is 13.7. The summed E-state index contributed by atoms with van der Waals surface area (Å²) < 4.78 is 4.75. The van der Waals surface area contributed by atoms with Gasteiger partial charge in [-0.2, -0.15) is 0 Å². The van der Waals surface area contributed by atoms with Crippen LogP contribution in [0.15, 0.2) is 42.6 Å². The van der Waals surface area contributed by atoms with E-state index in [1.807, 2.05) is 18.2 Å². The van der Waals surface area contributed by atoms with Crippen molar-refractivity contribution < 1.29 is 9.53 Å². The average molecular weight is 277 g/mol. The van der Waals surface area contributed by atoms with E-state index >= 15 is 0 Å². The van der Waals surface area contributed by atoms with Gasteiger partial charge >= 0.3 is 5.97 Å². The third-order valence-electron chi connectivity index (χ3n) is 2.65. The van der Waals surface area contributed by atoms with E-state index in [1.165, 1.54) is 7.11 Å². The van der Waals surface area contributed by atoms with Crippen molar-refractivity contribution in [2.45, 2.75) is 6.54 Å². The molecule has 1 aromatic carbocycles. The molecule has 2 aromatic rings. The molecule has 0 aliphatic heterocycles. The highest BCUT2D eigenvalue weighted by molar-refractivity contribution is 6.31. The van der Waals surface area contributed by atoms with E-state index in [2.05, 4.69) is 10.3 Å². The summed E-state index contributed by atoms with van der Waals surface area (Å²) in [7, 11) is 1.37. The molecule has 98 valence electrons. The lowest BCUT2D eigenvalue weighted by atomic mass is 10.1. The van der Waals surface area contributed by atoms with Crippen LogP contribution < -0.4 is 5.32 Å². The Balaban J connectivity index is 2.16. The van der Waals surface area contributed by atoms with E-state index in [-0.39, 0.29) is 5.97 Å². The van der Waals surface area contributed by atoms with Crippen LogP contribution in [0, 0.1) is 0 Å². The molecule has 0 bridgehead atoms. The predicted octanol–water partition coefficient (Wildman–Crippen LogP) is 3.13. The van der Waals surface area contributed by atoms with Gasteiger partial charge < -0.3 is 10.1 Å². The summed E-state index contributed by atoms with van der Waals surface area (Å²) in [6.45, 7) is 0.469. The Morgan fingerprint density at radius 2 is 2.11 bits per heavy atom. The molecule has 0 saturated carbocycles. The van der Waals surface area contributed by atoms with E-state index in [0.29, 0.717) is 17.3 Å². The first-order valence-corrected chi connectivity index (χ1v) is 6.11. The van der Waals surface area contributed by atoms with Gasteiger partial charge in [0.05, 0.1) is 18.4 Å². The molecule has 5 heteroatoms. The highest BCUT2D eigenvalue weighted by Crippen LogP contribution is 2.19. The Bertz CT molecular complexity index is 587. The quantitative estimate of drug-likeness (QED) is 0.688. The summed E-state index contributed by atoms with van der Waals surface area (Å²) in [5, 5.41) is 3.55. The number of pyridine rings is 1. The summed E-state index contributed by atoms with van der Waals surface area (Å²) in [6.07, 6.45) is 1.62. The number of aromatic nitrogens is 1. The zero-order valence-corrected chi connectivity index (χ0v) is 11.1. The first-order valence-electron chi connectivity index (χ1n) is 5.73. The fraction of sp³-hybridized carbons (Fsp3) is 0.143. The lowest BCUT2D eigenvalue weighted by Crippen LogP contribution is -2.09. The van der Waals surface area contributed by atoms with E-state index in [0.717, 1.165) is 11.3 Å². The molecule has 1 aromatic heterocycles. The SMILES string of the molecule is COC(=O)c1ccccc1CNc1cccnc1Cl. The molecular formula is C14H13ClN2O2. The molecular weight excluding hydrogens is 264 g/mol. The lowest BCUT2D eigenvalue weighted by molar-refractivity contribution is 0.0599. The molecule has 0 fully saturated rings. The normalized spacial score (nSPS) is 10.0. The number of hydrogen-bond acceptors (Lipinski definition) is 4. The van der Waals surface area contributed by atoms with Crippen LogP contribution in [-0.4, -0.2) is 18.1 Å². The van der Waals surface area contributed by atoms with Crippen LogP contribution in [0.1, 0.15) is 15.9 Å². The summed E-state index contributed by atoms with van der Waals surface area (Å²) in [5.41, 5.74) is 2.11. The zero-order valence-electron chi connectivity index (χ0n) is 10.4. The standard InChI is InChI=1S/C14H13ClN2O2/c1-19-14(18)11-6-3-2-5-10(11)9-17-12-7-4-8-16-13(12)15/h2-8,17H,9H2,1H3. The second-order valence-electron chi connectivity index (χ2n) is 3.84. The second-order valence-corrected chi connectivity index (χ2v) is 4.20. The number of nitrogens with zero attached hydrogens (tertiary/aromatic N) is 1. The molecule has 0 aliphatic carbocycles. The van der Waals surface area contributed by atoms with Gasteiger partial charge in [-0.3, -0.25) is 0 Å². The van der Waals surface area contributed by atoms with E-state index < -0.39 is 0 Å². The van der Waals surface area contributed by atoms with Crippen LogP contribution in [0.4, 0.5) is 5.69 Å². The van der Waals surface area contributed by atoms with Crippen LogP contribution in [-0.2, 0) is 11.3 Å². The number of carbonyl (C=O) groups is 1. The predicted molar refractivity (Wildman–Crippen MR) is 74.4 cm³/mol. The van der Waals surface area contributed by atoms with Gasteiger partial charge in [-0.25, -0.2) is 9.78 Å².